The van der Waals surface area contributed by atoms with Crippen molar-refractivity contribution in [2.45, 2.75) is 37.1 Å². The molecule has 0 aromatic heterocycles. The van der Waals surface area contributed by atoms with Crippen LogP contribution in [0.2, 0.25) is 0 Å². The van der Waals surface area contributed by atoms with Crippen molar-refractivity contribution in [1.82, 2.24) is 10.6 Å². The van der Waals surface area contributed by atoms with Crippen LogP contribution in [-0.4, -0.2) is 30.2 Å². The number of ether oxygens (including phenoxy) is 1. The second-order valence-corrected chi connectivity index (χ2v) is 8.40. The molecule has 1 saturated carbocycles. The van der Waals surface area contributed by atoms with Crippen LogP contribution >= 0.6 is 11.8 Å². The first-order valence-corrected chi connectivity index (χ1v) is 10.1. The molecule has 0 radical (unpaired) electrons. The summed E-state index contributed by atoms with van der Waals surface area (Å²) in [5.74, 6) is 1.49. The molecule has 1 aromatic rings. The SMILES string of the molecule is COc1ccc(CNC(=O)C2CCC3C(C2)NC(=O)C2C=CSC23)cc1. The number of amides is 2. The van der Waals surface area contributed by atoms with Crippen LogP contribution in [0, 0.1) is 17.8 Å². The van der Waals surface area contributed by atoms with Crippen LogP contribution in [0.3, 0.4) is 0 Å². The molecular formula is C20H24N2O3S. The van der Waals surface area contributed by atoms with Gasteiger partial charge in [0.15, 0.2) is 0 Å². The van der Waals surface area contributed by atoms with Crippen molar-refractivity contribution in [3.8, 4) is 5.75 Å². The largest absolute Gasteiger partial charge is 0.497 e. The van der Waals surface area contributed by atoms with Gasteiger partial charge in [-0.3, -0.25) is 9.59 Å². The van der Waals surface area contributed by atoms with Gasteiger partial charge >= 0.3 is 0 Å². The van der Waals surface area contributed by atoms with Crippen LogP contribution in [0.5, 0.6) is 5.75 Å². The molecule has 138 valence electrons. The first kappa shape index (κ1) is 17.5. The highest BCUT2D eigenvalue weighted by Gasteiger charge is 2.47. The number of thioether (sulfide) groups is 1. The number of carbonyl (C=O) groups is 2. The number of piperidine rings is 1. The number of carbonyl (C=O) groups excluding carboxylic acids is 2. The zero-order chi connectivity index (χ0) is 18.1. The second-order valence-electron chi connectivity index (χ2n) is 7.31. The number of benzene rings is 1. The van der Waals surface area contributed by atoms with Crippen molar-refractivity contribution in [2.75, 3.05) is 7.11 Å². The minimum Gasteiger partial charge on any atom is -0.497 e. The van der Waals surface area contributed by atoms with Gasteiger partial charge in [0, 0.05) is 23.8 Å². The van der Waals surface area contributed by atoms with Crippen LogP contribution in [0.1, 0.15) is 24.8 Å². The molecule has 1 saturated heterocycles. The van der Waals surface area contributed by atoms with E-state index in [2.05, 4.69) is 16.0 Å². The molecular weight excluding hydrogens is 348 g/mol. The third kappa shape index (κ3) is 3.34. The average Bonchev–Trinajstić information content (AvgIpc) is 3.17. The highest BCUT2D eigenvalue weighted by molar-refractivity contribution is 8.03. The predicted octanol–water partition coefficient (Wildman–Crippen LogP) is 2.47. The molecule has 26 heavy (non-hydrogen) atoms. The van der Waals surface area contributed by atoms with E-state index < -0.39 is 0 Å². The van der Waals surface area contributed by atoms with Gasteiger partial charge in [0.1, 0.15) is 5.75 Å². The smallest absolute Gasteiger partial charge is 0.228 e. The molecule has 2 aliphatic heterocycles. The third-order valence-corrected chi connectivity index (χ3v) is 7.10. The van der Waals surface area contributed by atoms with E-state index >= 15 is 0 Å². The lowest BCUT2D eigenvalue weighted by atomic mass is 9.71. The minimum atomic E-state index is -0.0225. The number of hydrogen-bond donors (Lipinski definition) is 2. The maximum atomic E-state index is 12.6. The molecule has 2 amide bonds. The highest BCUT2D eigenvalue weighted by atomic mass is 32.2. The summed E-state index contributed by atoms with van der Waals surface area (Å²) in [7, 11) is 1.64. The van der Waals surface area contributed by atoms with E-state index in [0.717, 1.165) is 30.6 Å². The Balaban J connectivity index is 1.33. The molecule has 3 aliphatic rings. The molecule has 1 aromatic carbocycles. The van der Waals surface area contributed by atoms with Crippen molar-refractivity contribution in [3.63, 3.8) is 0 Å². The summed E-state index contributed by atoms with van der Waals surface area (Å²) in [5.41, 5.74) is 1.05. The van der Waals surface area contributed by atoms with E-state index in [9.17, 15) is 9.59 Å². The maximum Gasteiger partial charge on any atom is 0.228 e. The Kier molecular flexibility index (Phi) is 4.94. The van der Waals surface area contributed by atoms with E-state index in [0.29, 0.717) is 17.7 Å². The highest BCUT2D eigenvalue weighted by Crippen LogP contribution is 2.45. The topological polar surface area (TPSA) is 67.4 Å². The van der Waals surface area contributed by atoms with Gasteiger partial charge in [0.2, 0.25) is 11.8 Å². The zero-order valence-electron chi connectivity index (χ0n) is 14.8. The van der Waals surface area contributed by atoms with Crippen molar-refractivity contribution in [1.29, 1.82) is 0 Å². The minimum absolute atomic E-state index is 0.0155. The Morgan fingerprint density at radius 1 is 1.31 bits per heavy atom. The molecule has 1 aliphatic carbocycles. The Labute approximate surface area is 157 Å². The van der Waals surface area contributed by atoms with E-state index in [1.165, 1.54) is 0 Å². The summed E-state index contributed by atoms with van der Waals surface area (Å²) >= 11 is 1.78. The lowest BCUT2D eigenvalue weighted by Gasteiger charge is -2.44. The van der Waals surface area contributed by atoms with E-state index in [4.69, 9.17) is 4.74 Å². The monoisotopic (exact) mass is 372 g/mol. The van der Waals surface area contributed by atoms with E-state index in [-0.39, 0.29) is 29.7 Å². The molecule has 4 rings (SSSR count). The Hall–Kier alpha value is -1.95. The first-order chi connectivity index (χ1) is 12.7. The predicted molar refractivity (Wildman–Crippen MR) is 102 cm³/mol. The molecule has 2 heterocycles. The maximum absolute atomic E-state index is 12.6. The quantitative estimate of drug-likeness (QED) is 0.852. The van der Waals surface area contributed by atoms with Crippen LogP contribution < -0.4 is 15.4 Å². The Morgan fingerprint density at radius 2 is 2.12 bits per heavy atom. The molecule has 5 atom stereocenters. The molecule has 5 nitrogen and oxygen atoms in total. The molecule has 5 unspecified atom stereocenters. The summed E-state index contributed by atoms with van der Waals surface area (Å²) in [6.07, 6.45) is 4.67. The summed E-state index contributed by atoms with van der Waals surface area (Å²) < 4.78 is 5.15. The summed E-state index contributed by atoms with van der Waals surface area (Å²) in [5, 5.41) is 8.63. The van der Waals surface area contributed by atoms with E-state index in [1.807, 2.05) is 30.3 Å². The van der Waals surface area contributed by atoms with Gasteiger partial charge in [0.25, 0.3) is 0 Å². The molecule has 6 heteroatoms. The van der Waals surface area contributed by atoms with Crippen molar-refractivity contribution in [2.24, 2.45) is 17.8 Å². The Morgan fingerprint density at radius 3 is 2.88 bits per heavy atom. The fourth-order valence-corrected chi connectivity index (χ4v) is 5.72. The average molecular weight is 372 g/mol. The lowest BCUT2D eigenvalue weighted by molar-refractivity contribution is -0.131. The van der Waals surface area contributed by atoms with Gasteiger partial charge in [-0.1, -0.05) is 18.2 Å². The van der Waals surface area contributed by atoms with Gasteiger partial charge in [-0.2, -0.15) is 0 Å². The van der Waals surface area contributed by atoms with Gasteiger partial charge < -0.3 is 15.4 Å². The molecule has 2 fully saturated rings. The first-order valence-electron chi connectivity index (χ1n) is 9.19. The van der Waals surface area contributed by atoms with Crippen LogP contribution in [0.4, 0.5) is 0 Å². The van der Waals surface area contributed by atoms with Crippen molar-refractivity contribution >= 4 is 23.6 Å². The zero-order valence-corrected chi connectivity index (χ0v) is 15.6. The lowest BCUT2D eigenvalue weighted by Crippen LogP contribution is -2.57. The number of nitrogens with one attached hydrogen (secondary N) is 2. The molecule has 0 spiro atoms. The normalized spacial score (nSPS) is 32.3. The van der Waals surface area contributed by atoms with Crippen molar-refractivity contribution < 1.29 is 14.3 Å². The van der Waals surface area contributed by atoms with Crippen LogP contribution in [-0.2, 0) is 16.1 Å². The van der Waals surface area contributed by atoms with Gasteiger partial charge in [-0.25, -0.2) is 0 Å². The van der Waals surface area contributed by atoms with E-state index in [1.54, 1.807) is 18.9 Å². The fraction of sp³-hybridized carbons (Fsp3) is 0.500. The summed E-state index contributed by atoms with van der Waals surface area (Å²) in [4.78, 5) is 24.9. The number of rotatable bonds is 4. The van der Waals surface area contributed by atoms with Gasteiger partial charge in [-0.05, 0) is 48.3 Å². The summed E-state index contributed by atoms with van der Waals surface area (Å²) in [6, 6.07) is 7.84. The summed E-state index contributed by atoms with van der Waals surface area (Å²) in [6.45, 7) is 0.518. The van der Waals surface area contributed by atoms with Crippen LogP contribution in [0.25, 0.3) is 0 Å². The van der Waals surface area contributed by atoms with Crippen LogP contribution in [0.15, 0.2) is 35.7 Å². The number of methoxy groups -OCH3 is 1. The number of hydrogen-bond acceptors (Lipinski definition) is 4. The Bertz CT molecular complexity index is 718. The second kappa shape index (κ2) is 7.35. The van der Waals surface area contributed by atoms with Gasteiger partial charge in [0.05, 0.1) is 13.0 Å². The van der Waals surface area contributed by atoms with Gasteiger partial charge in [-0.15, -0.1) is 11.8 Å². The van der Waals surface area contributed by atoms with Crippen molar-refractivity contribution in [3.05, 3.63) is 41.3 Å². The third-order valence-electron chi connectivity index (χ3n) is 5.83. The standard InChI is InChI=1S/C20H24N2O3S/c1-25-14-5-2-12(3-6-14)11-21-19(23)13-4-7-15-17(10-13)22-20(24)16-8-9-26-18(15)16/h2-3,5-6,8-9,13,15-18H,4,7,10-11H2,1H3,(H,21,23)(H,22,24). The molecule has 0 bridgehead atoms. The molecule has 2 N–H and O–H groups in total. The fourth-order valence-electron chi connectivity index (χ4n) is 4.37. The number of fused-ring (bicyclic) bond motifs is 3.